The molecule has 0 atom stereocenters. The molecule has 2 aromatic carbocycles. The summed E-state index contributed by atoms with van der Waals surface area (Å²) in [4.78, 5) is 3.85. The predicted octanol–water partition coefficient (Wildman–Crippen LogP) is 5.60. The molecule has 3 nitrogen and oxygen atoms in total. The lowest BCUT2D eigenvalue weighted by Crippen LogP contribution is -1.91. The molecule has 0 aliphatic carbocycles. The summed E-state index contributed by atoms with van der Waals surface area (Å²) in [5, 5.41) is 9.04. The van der Waals surface area contributed by atoms with Crippen LogP contribution in [0.25, 0.3) is 11.3 Å². The number of benzene rings is 2. The van der Waals surface area contributed by atoms with Crippen LogP contribution in [-0.4, -0.2) is 4.98 Å². The number of nitriles is 1. The Hall–Kier alpha value is -2.49. The zero-order valence-electron chi connectivity index (χ0n) is 12.1. The lowest BCUT2D eigenvalue weighted by Gasteiger charge is -2.05. The van der Waals surface area contributed by atoms with Crippen LogP contribution < -0.4 is 4.72 Å². The van der Waals surface area contributed by atoms with Crippen molar-refractivity contribution in [3.8, 4) is 17.3 Å². The molecule has 120 valence electrons. The normalized spacial score (nSPS) is 10.4. The van der Waals surface area contributed by atoms with Crippen molar-refractivity contribution in [1.82, 2.24) is 4.98 Å². The summed E-state index contributed by atoms with van der Waals surface area (Å²) in [5.74, 6) is -0.901. The third kappa shape index (κ3) is 3.53. The molecule has 0 saturated carbocycles. The van der Waals surface area contributed by atoms with Crippen molar-refractivity contribution in [2.45, 2.75) is 4.90 Å². The predicted molar refractivity (Wildman–Crippen MR) is 91.8 cm³/mol. The van der Waals surface area contributed by atoms with E-state index < -0.39 is 11.6 Å². The third-order valence-electron chi connectivity index (χ3n) is 3.25. The Morgan fingerprint density at radius 1 is 1.12 bits per heavy atom. The third-order valence-corrected chi connectivity index (χ3v) is 4.36. The van der Waals surface area contributed by atoms with E-state index in [0.717, 1.165) is 10.6 Å². The zero-order valence-corrected chi connectivity index (χ0v) is 13.7. The Balaban J connectivity index is 1.74. The average molecular weight is 362 g/mol. The lowest BCUT2D eigenvalue weighted by molar-refractivity contribution is 0.628. The smallest absolute Gasteiger partial charge is 0.148 e. The Kier molecular flexibility index (Phi) is 4.74. The number of H-pyrrole nitrogens is 1. The zero-order chi connectivity index (χ0) is 17.1. The van der Waals surface area contributed by atoms with Gasteiger partial charge in [-0.3, -0.25) is 0 Å². The van der Waals surface area contributed by atoms with Crippen LogP contribution in [0.15, 0.2) is 53.6 Å². The standard InChI is InChI=1S/C17H10ClF2N3S/c18-14-6-11(19)2-3-13(14)17-7-12(9-22-17)24-23-16-4-1-10(8-21)5-15(16)20/h1-7,9,22-23H. The van der Waals surface area contributed by atoms with Gasteiger partial charge in [-0.2, -0.15) is 5.26 Å². The van der Waals surface area contributed by atoms with Gasteiger partial charge >= 0.3 is 0 Å². The minimum atomic E-state index is -0.501. The lowest BCUT2D eigenvalue weighted by atomic mass is 10.1. The first-order chi connectivity index (χ1) is 11.6. The molecule has 0 bridgehead atoms. The van der Waals surface area contributed by atoms with Gasteiger partial charge in [-0.15, -0.1) is 0 Å². The van der Waals surface area contributed by atoms with Crippen LogP contribution in [-0.2, 0) is 0 Å². The molecule has 1 heterocycles. The molecule has 0 saturated heterocycles. The molecular formula is C17H10ClF2N3S. The number of rotatable bonds is 4. The van der Waals surface area contributed by atoms with Gasteiger partial charge in [-0.1, -0.05) is 11.6 Å². The molecule has 2 N–H and O–H groups in total. The molecule has 0 amide bonds. The van der Waals surface area contributed by atoms with Crippen molar-refractivity contribution >= 4 is 29.2 Å². The maximum Gasteiger partial charge on any atom is 0.148 e. The molecule has 7 heteroatoms. The second-order valence-corrected chi connectivity index (χ2v) is 6.17. The van der Waals surface area contributed by atoms with E-state index in [0.29, 0.717) is 10.6 Å². The number of nitrogens with zero attached hydrogens (tertiary/aromatic N) is 1. The first-order valence-corrected chi connectivity index (χ1v) is 8.02. The van der Waals surface area contributed by atoms with E-state index in [1.54, 1.807) is 12.3 Å². The van der Waals surface area contributed by atoms with Crippen LogP contribution in [0.3, 0.4) is 0 Å². The van der Waals surface area contributed by atoms with Crippen molar-refractivity contribution < 1.29 is 8.78 Å². The highest BCUT2D eigenvalue weighted by molar-refractivity contribution is 8.00. The molecule has 0 aliphatic rings. The number of hydrogen-bond acceptors (Lipinski definition) is 3. The van der Waals surface area contributed by atoms with Crippen LogP contribution in [0.5, 0.6) is 0 Å². The van der Waals surface area contributed by atoms with Gasteiger partial charge in [0.25, 0.3) is 0 Å². The number of halogens is 3. The molecule has 1 aromatic heterocycles. The van der Waals surface area contributed by atoms with Crippen LogP contribution in [0, 0.1) is 23.0 Å². The van der Waals surface area contributed by atoms with E-state index in [1.807, 2.05) is 12.1 Å². The number of nitrogens with one attached hydrogen (secondary N) is 2. The Bertz CT molecular complexity index is 934. The molecule has 24 heavy (non-hydrogen) atoms. The fraction of sp³-hybridized carbons (Fsp3) is 0. The molecule has 0 unspecified atom stereocenters. The largest absolute Gasteiger partial charge is 0.360 e. The molecule has 0 radical (unpaired) electrons. The molecule has 3 rings (SSSR count). The Labute approximate surface area is 146 Å². The van der Waals surface area contributed by atoms with Crippen molar-refractivity contribution in [3.63, 3.8) is 0 Å². The summed E-state index contributed by atoms with van der Waals surface area (Å²) in [6, 6.07) is 12.1. The minimum absolute atomic E-state index is 0.262. The topological polar surface area (TPSA) is 51.6 Å². The first-order valence-electron chi connectivity index (χ1n) is 6.83. The highest BCUT2D eigenvalue weighted by Crippen LogP contribution is 2.31. The number of aromatic amines is 1. The van der Waals surface area contributed by atoms with Crippen LogP contribution >= 0.6 is 23.5 Å². The van der Waals surface area contributed by atoms with E-state index in [-0.39, 0.29) is 11.3 Å². The summed E-state index contributed by atoms with van der Waals surface area (Å²) in [5.41, 5.74) is 1.94. The minimum Gasteiger partial charge on any atom is -0.360 e. The number of aromatic nitrogens is 1. The molecule has 3 aromatic rings. The van der Waals surface area contributed by atoms with Crippen molar-refractivity contribution in [2.75, 3.05) is 4.72 Å². The van der Waals surface area contributed by atoms with Gasteiger partial charge in [-0.05, 0) is 54.4 Å². The van der Waals surface area contributed by atoms with Crippen LogP contribution in [0.4, 0.5) is 14.5 Å². The fourth-order valence-corrected chi connectivity index (χ4v) is 3.04. The number of anilines is 1. The van der Waals surface area contributed by atoms with Crippen LogP contribution in [0.2, 0.25) is 5.02 Å². The van der Waals surface area contributed by atoms with Crippen molar-refractivity contribution in [2.24, 2.45) is 0 Å². The molecule has 0 fully saturated rings. The highest BCUT2D eigenvalue weighted by Gasteiger charge is 2.09. The monoisotopic (exact) mass is 361 g/mol. The van der Waals surface area contributed by atoms with Crippen LogP contribution in [0.1, 0.15) is 5.56 Å². The highest BCUT2D eigenvalue weighted by atomic mass is 35.5. The summed E-state index contributed by atoms with van der Waals surface area (Å²) in [7, 11) is 0. The summed E-state index contributed by atoms with van der Waals surface area (Å²) in [6.07, 6.45) is 1.73. The van der Waals surface area contributed by atoms with E-state index >= 15 is 0 Å². The Morgan fingerprint density at radius 3 is 2.67 bits per heavy atom. The van der Waals surface area contributed by atoms with Gasteiger partial charge in [0.15, 0.2) is 0 Å². The Morgan fingerprint density at radius 2 is 1.96 bits per heavy atom. The van der Waals surface area contributed by atoms with E-state index in [4.69, 9.17) is 16.9 Å². The maximum atomic E-state index is 13.8. The van der Waals surface area contributed by atoms with Gasteiger partial charge in [0.05, 0.1) is 22.3 Å². The maximum absolute atomic E-state index is 13.8. The van der Waals surface area contributed by atoms with E-state index in [2.05, 4.69) is 9.71 Å². The van der Waals surface area contributed by atoms with Gasteiger partial charge in [-0.25, -0.2) is 8.78 Å². The van der Waals surface area contributed by atoms with E-state index in [9.17, 15) is 8.78 Å². The molecular weight excluding hydrogens is 352 g/mol. The molecule has 0 spiro atoms. The van der Waals surface area contributed by atoms with Crippen molar-refractivity contribution in [3.05, 3.63) is 70.9 Å². The fourth-order valence-electron chi connectivity index (χ4n) is 2.08. The summed E-state index contributed by atoms with van der Waals surface area (Å²) in [6.45, 7) is 0. The first kappa shape index (κ1) is 16.4. The second kappa shape index (κ2) is 6.95. The molecule has 0 aliphatic heterocycles. The number of hydrogen-bond donors (Lipinski definition) is 2. The van der Waals surface area contributed by atoms with Crippen molar-refractivity contribution in [1.29, 1.82) is 5.26 Å². The van der Waals surface area contributed by atoms with Gasteiger partial charge in [0.1, 0.15) is 11.6 Å². The van der Waals surface area contributed by atoms with Gasteiger partial charge < -0.3 is 9.71 Å². The SMILES string of the molecule is N#Cc1ccc(NSc2c[nH]c(-c3ccc(F)cc3Cl)c2)c(F)c1. The second-order valence-electron chi connectivity index (χ2n) is 4.88. The summed E-state index contributed by atoms with van der Waals surface area (Å²) >= 11 is 7.24. The van der Waals surface area contributed by atoms with Gasteiger partial charge in [0, 0.05) is 22.3 Å². The van der Waals surface area contributed by atoms with E-state index in [1.165, 1.54) is 42.3 Å². The van der Waals surface area contributed by atoms with Gasteiger partial charge in [0.2, 0.25) is 0 Å². The average Bonchev–Trinajstić information content (AvgIpc) is 3.02. The summed E-state index contributed by atoms with van der Waals surface area (Å²) < 4.78 is 29.8. The quantitative estimate of drug-likeness (QED) is 0.594.